The van der Waals surface area contributed by atoms with E-state index in [1.54, 1.807) is 0 Å². The van der Waals surface area contributed by atoms with Crippen molar-refractivity contribution in [3.8, 4) is 44.5 Å². The van der Waals surface area contributed by atoms with E-state index in [1.165, 1.54) is 0 Å². The molecular formula is C56H24B13NO. The number of rotatable bonds is 7. The summed E-state index contributed by atoms with van der Waals surface area (Å²) in [6, 6.07) is 49.3. The fourth-order valence-electron chi connectivity index (χ4n) is 9.97. The van der Waals surface area contributed by atoms with Crippen LogP contribution in [0.2, 0.25) is 0 Å². The maximum absolute atomic E-state index is 7.16. The minimum absolute atomic E-state index is 0.00503. The molecule has 0 spiro atoms. The van der Waals surface area contributed by atoms with Crippen LogP contribution in [-0.2, 0) is 0 Å². The molecule has 1 heterocycles. The zero-order valence-corrected chi connectivity index (χ0v) is 38.2. The van der Waals surface area contributed by atoms with Gasteiger partial charge in [-0.15, -0.1) is 16.4 Å². The van der Waals surface area contributed by atoms with Gasteiger partial charge in [0, 0.05) is 33.2 Å². The molecule has 11 aromatic rings. The quantitative estimate of drug-likeness (QED) is 0.216. The predicted molar refractivity (Wildman–Crippen MR) is 315 cm³/mol. The van der Waals surface area contributed by atoms with Crippen LogP contribution in [0.1, 0.15) is 0 Å². The second-order valence-electron chi connectivity index (χ2n) is 17.7. The molecule has 0 unspecified atom stereocenters. The number of furan rings is 1. The van der Waals surface area contributed by atoms with Gasteiger partial charge < -0.3 is 9.32 Å². The molecule has 0 aliphatic carbocycles. The third kappa shape index (κ3) is 7.36. The lowest BCUT2D eigenvalue weighted by molar-refractivity contribution is 0.673. The highest BCUT2D eigenvalue weighted by molar-refractivity contribution is 6.72. The largest absolute Gasteiger partial charge is 0.455 e. The molecular weight excluding hydrogens is 843 g/mol. The second kappa shape index (κ2) is 17.8. The molecule has 298 valence electrons. The number of anilines is 3. The van der Waals surface area contributed by atoms with E-state index in [-0.39, 0.29) is 93.3 Å². The van der Waals surface area contributed by atoms with Crippen LogP contribution in [0.4, 0.5) is 17.1 Å². The molecule has 0 aliphatic rings. The topological polar surface area (TPSA) is 16.4 Å². The van der Waals surface area contributed by atoms with Crippen molar-refractivity contribution < 1.29 is 4.42 Å². The minimum Gasteiger partial charge on any atom is -0.455 e. The van der Waals surface area contributed by atoms with Crippen molar-refractivity contribution in [2.24, 2.45) is 0 Å². The first-order chi connectivity index (χ1) is 34.2. The van der Waals surface area contributed by atoms with E-state index >= 15 is 0 Å². The Hall–Kier alpha value is -6.84. The zero-order chi connectivity index (χ0) is 49.7. The Morgan fingerprint density at radius 2 is 0.746 bits per heavy atom. The van der Waals surface area contributed by atoms with Gasteiger partial charge in [0.1, 0.15) is 113 Å². The highest BCUT2D eigenvalue weighted by Crippen LogP contribution is 2.41. The lowest BCUT2D eigenvalue weighted by atomic mass is 9.55. The highest BCUT2D eigenvalue weighted by atomic mass is 16.3. The normalized spacial score (nSPS) is 11.5. The van der Waals surface area contributed by atoms with Crippen molar-refractivity contribution in [3.05, 3.63) is 146 Å². The summed E-state index contributed by atoms with van der Waals surface area (Å²) in [5.41, 5.74) is 7.62. The van der Waals surface area contributed by atoms with Crippen molar-refractivity contribution in [1.29, 1.82) is 0 Å². The van der Waals surface area contributed by atoms with Crippen molar-refractivity contribution in [2.75, 3.05) is 4.90 Å². The predicted octanol–water partition coefficient (Wildman–Crippen LogP) is 0.350. The average molecular weight is 867 g/mol. The fraction of sp³-hybridized carbons (Fsp3) is 0. The summed E-state index contributed by atoms with van der Waals surface area (Å²) in [5.74, 6) is 0. The van der Waals surface area contributed by atoms with Gasteiger partial charge in [-0.2, -0.15) is 0 Å². The Bertz CT molecular complexity index is 3950. The van der Waals surface area contributed by atoms with Gasteiger partial charge in [0.25, 0.3) is 0 Å². The van der Waals surface area contributed by atoms with Gasteiger partial charge in [-0.05, 0) is 103 Å². The van der Waals surface area contributed by atoms with Gasteiger partial charge in [0.05, 0.1) is 0 Å². The molecule has 0 saturated heterocycles. The van der Waals surface area contributed by atoms with Crippen LogP contribution in [0.15, 0.2) is 150 Å². The molecule has 11 rings (SSSR count). The van der Waals surface area contributed by atoms with E-state index in [0.717, 1.165) is 65.7 Å². The Kier molecular flexibility index (Phi) is 11.7. The molecule has 2 nitrogen and oxygen atoms in total. The standard InChI is InChI=1S/C56H24B13NO/c57-42-38(40-46(61)50(65)52(67)51(66)47(40)62)43(58)45(60)39(44(42)59)41-48(63)53(68)55(54(69)49(41)64)70(31-19-14-26(15-20-31)30-13-12-25-6-1-2-8-29(25)24-30)32-21-16-28(17-22-32)33-10-5-11-36-37(33)35-23-18-27-7-3-4-9-34(27)56(35)71-36/h1-24H. The summed E-state index contributed by atoms with van der Waals surface area (Å²) in [4.78, 5) is 1.91. The third-order valence-electron chi connectivity index (χ3n) is 13.7. The monoisotopic (exact) mass is 869 g/mol. The van der Waals surface area contributed by atoms with Crippen molar-refractivity contribution in [2.45, 2.75) is 0 Å². The number of hydrogen-bond donors (Lipinski definition) is 0. The molecule has 0 fully saturated rings. The number of fused-ring (bicyclic) bond motifs is 6. The van der Waals surface area contributed by atoms with E-state index in [2.05, 4.69) is 60.7 Å². The molecule has 0 amide bonds. The van der Waals surface area contributed by atoms with E-state index in [1.807, 2.05) is 89.8 Å². The minimum atomic E-state index is -0.0608. The van der Waals surface area contributed by atoms with Crippen LogP contribution in [0, 0.1) is 0 Å². The first kappa shape index (κ1) is 46.5. The summed E-state index contributed by atoms with van der Waals surface area (Å²) in [6.45, 7) is 0. The number of hydrogen-bond acceptors (Lipinski definition) is 2. The molecule has 0 atom stereocenters. The molecule has 10 aromatic carbocycles. The van der Waals surface area contributed by atoms with Crippen LogP contribution in [0.5, 0.6) is 0 Å². The van der Waals surface area contributed by atoms with Gasteiger partial charge in [-0.25, -0.2) is 0 Å². The molecule has 1 aromatic heterocycles. The summed E-state index contributed by atoms with van der Waals surface area (Å²) < 4.78 is 6.52. The molecule has 15 heteroatoms. The van der Waals surface area contributed by atoms with E-state index < -0.39 is 0 Å². The maximum atomic E-state index is 7.16. The summed E-state index contributed by atoms with van der Waals surface area (Å²) in [7, 11) is 87.1. The van der Waals surface area contributed by atoms with E-state index in [9.17, 15) is 0 Å². The number of nitrogens with zero attached hydrogens (tertiary/aromatic N) is 1. The molecule has 71 heavy (non-hydrogen) atoms. The number of benzene rings is 10. The van der Waals surface area contributed by atoms with E-state index in [4.69, 9.17) is 106 Å². The molecule has 26 radical (unpaired) electrons. The van der Waals surface area contributed by atoms with Crippen molar-refractivity contribution in [1.82, 2.24) is 0 Å². The molecule has 0 N–H and O–H groups in total. The van der Waals surface area contributed by atoms with Gasteiger partial charge in [-0.3, -0.25) is 0 Å². The Balaban J connectivity index is 1.07. The van der Waals surface area contributed by atoms with Gasteiger partial charge >= 0.3 is 0 Å². The van der Waals surface area contributed by atoms with Gasteiger partial charge in [0.2, 0.25) is 0 Å². The van der Waals surface area contributed by atoms with Gasteiger partial charge in [-0.1, -0.05) is 158 Å². The first-order valence-electron chi connectivity index (χ1n) is 22.5. The third-order valence-corrected chi connectivity index (χ3v) is 13.7. The zero-order valence-electron chi connectivity index (χ0n) is 38.2. The molecule has 0 aliphatic heterocycles. The molecule has 0 bridgehead atoms. The maximum Gasteiger partial charge on any atom is 0.143 e. The Morgan fingerprint density at radius 1 is 0.310 bits per heavy atom. The van der Waals surface area contributed by atoms with Crippen LogP contribution < -0.4 is 75.9 Å². The smallest absolute Gasteiger partial charge is 0.143 e. The van der Waals surface area contributed by atoms with Crippen LogP contribution in [0.25, 0.3) is 88.0 Å². The lowest BCUT2D eigenvalue weighted by Gasteiger charge is -2.34. The highest BCUT2D eigenvalue weighted by Gasteiger charge is 2.26. The Labute approximate surface area is 430 Å². The molecule has 0 saturated carbocycles. The van der Waals surface area contributed by atoms with Crippen LogP contribution >= 0.6 is 0 Å². The fourth-order valence-corrected chi connectivity index (χ4v) is 9.97. The van der Waals surface area contributed by atoms with Crippen LogP contribution in [-0.4, -0.2) is 102 Å². The average Bonchev–Trinajstić information content (AvgIpc) is 3.79. The van der Waals surface area contributed by atoms with E-state index in [0.29, 0.717) is 17.1 Å². The summed E-state index contributed by atoms with van der Waals surface area (Å²) in [6.07, 6.45) is 0. The van der Waals surface area contributed by atoms with Crippen LogP contribution in [0.3, 0.4) is 0 Å². The first-order valence-corrected chi connectivity index (χ1v) is 22.5. The summed E-state index contributed by atoms with van der Waals surface area (Å²) in [5, 5.41) is 6.45. The SMILES string of the molecule is [B]c1c([B])c([B])c(-c2c([B])c([B])c(-c3c([B])c([B])c(N(c4ccc(-c5ccc6ccccc6c5)cc4)c4ccc(-c5cccc6oc7c8ccccc8ccc7c56)cc4)c([B])c3[B])c([B])c2[B])c([B])c1[B]. The van der Waals surface area contributed by atoms with Crippen molar-refractivity contribution >= 4 is 234 Å². The second-order valence-corrected chi connectivity index (χ2v) is 17.7. The van der Waals surface area contributed by atoms with Gasteiger partial charge in [0.15, 0.2) is 0 Å². The summed E-state index contributed by atoms with van der Waals surface area (Å²) >= 11 is 0. The lowest BCUT2D eigenvalue weighted by Crippen LogP contribution is -2.57. The van der Waals surface area contributed by atoms with Crippen molar-refractivity contribution in [3.63, 3.8) is 0 Å². The Morgan fingerprint density at radius 3 is 1.31 bits per heavy atom.